The molecule has 1 aromatic heterocycles. The van der Waals surface area contributed by atoms with E-state index in [4.69, 9.17) is 4.74 Å². The highest BCUT2D eigenvalue weighted by Gasteiger charge is 2.19. The zero-order chi connectivity index (χ0) is 23.2. The van der Waals surface area contributed by atoms with Crippen LogP contribution in [0.15, 0.2) is 54.1 Å². The summed E-state index contributed by atoms with van der Waals surface area (Å²) >= 11 is 1.26. The van der Waals surface area contributed by atoms with E-state index in [2.05, 4.69) is 20.4 Å². The lowest BCUT2D eigenvalue weighted by Gasteiger charge is -2.10. The highest BCUT2D eigenvalue weighted by molar-refractivity contribution is 7.19. The number of benzene rings is 2. The summed E-state index contributed by atoms with van der Waals surface area (Å²) in [6, 6.07) is 13.5. The summed E-state index contributed by atoms with van der Waals surface area (Å²) in [5.74, 6) is -1.89. The Hall–Kier alpha value is -4.10. The Morgan fingerprint density at radius 3 is 2.55 bits per heavy atom. The van der Waals surface area contributed by atoms with E-state index in [9.17, 15) is 19.2 Å². The minimum Gasteiger partial charge on any atom is -0.423 e. The molecule has 0 saturated carbocycles. The fraction of sp³-hybridized carbons (Fsp3) is 0.174. The number of nitriles is 1. The number of carbonyl (C=O) groups excluding carboxylic acids is 2. The number of rotatable bonds is 6. The van der Waals surface area contributed by atoms with Crippen LogP contribution in [0.1, 0.15) is 28.8 Å². The lowest BCUT2D eigenvalue weighted by atomic mass is 10.1. The summed E-state index contributed by atoms with van der Waals surface area (Å²) in [6.45, 7) is 1.83. The van der Waals surface area contributed by atoms with Gasteiger partial charge in [-0.2, -0.15) is 5.26 Å². The van der Waals surface area contributed by atoms with E-state index in [1.165, 1.54) is 53.8 Å². The number of halogens is 1. The van der Waals surface area contributed by atoms with Crippen molar-refractivity contribution >= 4 is 39.6 Å². The Kier molecular flexibility index (Phi) is 6.71. The van der Waals surface area contributed by atoms with Crippen molar-refractivity contribution in [2.45, 2.75) is 12.8 Å². The molecule has 0 aliphatic carbocycles. The molecule has 2 heterocycles. The molecule has 3 aromatic rings. The highest BCUT2D eigenvalue weighted by Crippen LogP contribution is 2.27. The van der Waals surface area contributed by atoms with Gasteiger partial charge in [-0.3, -0.25) is 10.1 Å². The van der Waals surface area contributed by atoms with E-state index in [0.717, 1.165) is 31.1 Å². The average molecular weight is 463 g/mol. The molecule has 1 N–H and O–H groups in total. The predicted molar refractivity (Wildman–Crippen MR) is 121 cm³/mol. The van der Waals surface area contributed by atoms with Crippen molar-refractivity contribution in [3.63, 3.8) is 0 Å². The number of nitrogens with zero attached hydrogens (tertiary/aromatic N) is 4. The molecule has 0 spiro atoms. The number of anilines is 2. The van der Waals surface area contributed by atoms with Crippen LogP contribution in [0.5, 0.6) is 5.75 Å². The highest BCUT2D eigenvalue weighted by atomic mass is 32.1. The number of nitrogens with one attached hydrogen (secondary N) is 1. The van der Waals surface area contributed by atoms with Gasteiger partial charge in [0.15, 0.2) is 0 Å². The summed E-state index contributed by atoms with van der Waals surface area (Å²) in [6.07, 6.45) is 3.60. The second-order valence-electron chi connectivity index (χ2n) is 7.15. The normalized spacial score (nSPS) is 13.5. The van der Waals surface area contributed by atoms with E-state index in [-0.39, 0.29) is 16.9 Å². The maximum atomic E-state index is 13.7. The van der Waals surface area contributed by atoms with Crippen LogP contribution < -0.4 is 15.0 Å². The average Bonchev–Trinajstić information content (AvgIpc) is 3.51. The smallest absolute Gasteiger partial charge is 0.346 e. The third-order valence-electron chi connectivity index (χ3n) is 4.87. The van der Waals surface area contributed by atoms with Crippen molar-refractivity contribution in [2.75, 3.05) is 23.3 Å². The molecule has 10 heteroatoms. The summed E-state index contributed by atoms with van der Waals surface area (Å²) in [4.78, 5) is 26.7. The van der Waals surface area contributed by atoms with E-state index in [1.807, 2.05) is 6.07 Å². The Labute approximate surface area is 192 Å². The van der Waals surface area contributed by atoms with Gasteiger partial charge in [0.05, 0.1) is 5.56 Å². The van der Waals surface area contributed by atoms with Crippen LogP contribution >= 0.6 is 11.3 Å². The van der Waals surface area contributed by atoms with Gasteiger partial charge in [-0.1, -0.05) is 35.6 Å². The maximum absolute atomic E-state index is 13.7. The monoisotopic (exact) mass is 463 g/mol. The Bertz CT molecular complexity index is 1240. The second kappa shape index (κ2) is 10.0. The first-order valence-electron chi connectivity index (χ1n) is 10.1. The van der Waals surface area contributed by atoms with Crippen LogP contribution in [0.2, 0.25) is 0 Å². The van der Waals surface area contributed by atoms with Gasteiger partial charge >= 0.3 is 5.97 Å². The van der Waals surface area contributed by atoms with Crippen LogP contribution in [0.3, 0.4) is 0 Å². The number of hydrogen-bond acceptors (Lipinski definition) is 8. The van der Waals surface area contributed by atoms with Crippen molar-refractivity contribution in [1.82, 2.24) is 10.2 Å². The first kappa shape index (κ1) is 22.1. The second-order valence-corrected chi connectivity index (χ2v) is 8.10. The van der Waals surface area contributed by atoms with Crippen molar-refractivity contribution in [3.05, 3.63) is 71.0 Å². The van der Waals surface area contributed by atoms with Gasteiger partial charge in [-0.15, -0.1) is 10.2 Å². The first-order chi connectivity index (χ1) is 16.0. The van der Waals surface area contributed by atoms with Crippen molar-refractivity contribution < 1.29 is 18.7 Å². The molecule has 0 unspecified atom stereocenters. The van der Waals surface area contributed by atoms with Crippen molar-refractivity contribution in [3.8, 4) is 11.8 Å². The van der Waals surface area contributed by atoms with Gasteiger partial charge in [0, 0.05) is 13.1 Å². The molecule has 1 aliphatic rings. The Morgan fingerprint density at radius 2 is 1.85 bits per heavy atom. The Balaban J connectivity index is 1.40. The predicted octanol–water partition coefficient (Wildman–Crippen LogP) is 4.04. The number of aromatic nitrogens is 2. The van der Waals surface area contributed by atoms with E-state index in [0.29, 0.717) is 10.7 Å². The maximum Gasteiger partial charge on any atom is 0.346 e. The van der Waals surface area contributed by atoms with Gasteiger partial charge in [0.25, 0.3) is 5.91 Å². The van der Waals surface area contributed by atoms with Gasteiger partial charge in [0.2, 0.25) is 10.3 Å². The molecule has 33 heavy (non-hydrogen) atoms. The van der Waals surface area contributed by atoms with E-state index in [1.54, 1.807) is 12.1 Å². The molecule has 0 radical (unpaired) electrons. The van der Waals surface area contributed by atoms with Crippen LogP contribution in [0, 0.1) is 17.1 Å². The molecular formula is C23H18FN5O3S. The number of esters is 1. The molecule has 0 bridgehead atoms. The largest absolute Gasteiger partial charge is 0.423 e. The van der Waals surface area contributed by atoms with Crippen LogP contribution in [-0.4, -0.2) is 35.2 Å². The topological polar surface area (TPSA) is 108 Å². The van der Waals surface area contributed by atoms with Crippen LogP contribution in [-0.2, 0) is 4.79 Å². The van der Waals surface area contributed by atoms with Gasteiger partial charge in [0.1, 0.15) is 23.2 Å². The molecule has 0 atom stereocenters. The van der Waals surface area contributed by atoms with Crippen LogP contribution in [0.4, 0.5) is 14.7 Å². The zero-order valence-corrected chi connectivity index (χ0v) is 18.1. The van der Waals surface area contributed by atoms with Gasteiger partial charge in [-0.25, -0.2) is 9.18 Å². The zero-order valence-electron chi connectivity index (χ0n) is 17.3. The van der Waals surface area contributed by atoms with Crippen LogP contribution in [0.25, 0.3) is 6.08 Å². The fourth-order valence-corrected chi connectivity index (χ4v) is 3.99. The quantitative estimate of drug-likeness (QED) is 0.254. The Morgan fingerprint density at radius 1 is 1.12 bits per heavy atom. The number of hydrogen-bond donors (Lipinski definition) is 1. The summed E-state index contributed by atoms with van der Waals surface area (Å²) in [5.41, 5.74) is 0.251. The fourth-order valence-electron chi connectivity index (χ4n) is 3.20. The standard InChI is InChI=1S/C23H18FN5O3S/c24-19-6-2-1-5-18(19)21(31)32-17-9-7-15(8-10-17)13-16(14-25)20(30)26-22-27-28-23(33-22)29-11-3-4-12-29/h1-2,5-10,13H,3-4,11-12H2,(H,26,27,30)/b16-13-. The molecule has 2 aromatic carbocycles. The summed E-state index contributed by atoms with van der Waals surface area (Å²) in [7, 11) is 0. The summed E-state index contributed by atoms with van der Waals surface area (Å²) in [5, 5.41) is 21.1. The van der Waals surface area contributed by atoms with E-state index < -0.39 is 17.7 Å². The molecule has 1 amide bonds. The van der Waals surface area contributed by atoms with E-state index >= 15 is 0 Å². The minimum atomic E-state index is -0.821. The van der Waals surface area contributed by atoms with Gasteiger partial charge in [-0.05, 0) is 48.7 Å². The number of ether oxygens (including phenoxy) is 1. The van der Waals surface area contributed by atoms with Gasteiger partial charge < -0.3 is 9.64 Å². The summed E-state index contributed by atoms with van der Waals surface area (Å²) < 4.78 is 18.9. The molecule has 4 rings (SSSR count). The number of carbonyl (C=O) groups is 2. The molecule has 1 aliphatic heterocycles. The first-order valence-corrected chi connectivity index (χ1v) is 10.9. The number of amides is 1. The SMILES string of the molecule is N#C/C(=C/c1ccc(OC(=O)c2ccccc2F)cc1)C(=O)Nc1nnc(N2CCCC2)s1. The third kappa shape index (κ3) is 5.39. The molecular weight excluding hydrogens is 445 g/mol. The van der Waals surface area contributed by atoms with Crippen molar-refractivity contribution in [1.29, 1.82) is 5.26 Å². The minimum absolute atomic E-state index is 0.121. The molecule has 1 fully saturated rings. The molecule has 1 saturated heterocycles. The molecule has 8 nitrogen and oxygen atoms in total. The third-order valence-corrected chi connectivity index (χ3v) is 5.77. The lowest BCUT2D eigenvalue weighted by molar-refractivity contribution is -0.112. The van der Waals surface area contributed by atoms with Crippen molar-refractivity contribution in [2.24, 2.45) is 0 Å². The lowest BCUT2D eigenvalue weighted by Crippen LogP contribution is -2.17. The molecule has 166 valence electrons.